The van der Waals surface area contributed by atoms with Crippen LogP contribution in [0.5, 0.6) is 0 Å². The number of aryl methyl sites for hydroxylation is 1. The first-order valence-electron chi connectivity index (χ1n) is 6.95. The Hall–Kier alpha value is -0.430. The summed E-state index contributed by atoms with van der Waals surface area (Å²) in [4.78, 5) is 1.09. The number of rotatable bonds is 7. The quantitative estimate of drug-likeness (QED) is 0.760. The van der Waals surface area contributed by atoms with Crippen LogP contribution >= 0.6 is 11.3 Å². The Balaban J connectivity index is 2.78. The third-order valence-corrected chi connectivity index (χ3v) is 5.88. The van der Waals surface area contributed by atoms with Crippen LogP contribution in [0.3, 0.4) is 0 Å². The van der Waals surface area contributed by atoms with Crippen LogP contribution < -0.4 is 10.0 Å². The Morgan fingerprint density at radius 2 is 1.95 bits per heavy atom. The minimum Gasteiger partial charge on any atom is -0.312 e. The SMILES string of the molecule is CCCNCc1sc(S(=O)(=O)NCC(C)(C)C)cc1C. The number of sulfonamides is 1. The van der Waals surface area contributed by atoms with Crippen molar-refractivity contribution in [3.05, 3.63) is 16.5 Å². The third-order valence-electron chi connectivity index (χ3n) is 2.77. The van der Waals surface area contributed by atoms with Crippen molar-refractivity contribution < 1.29 is 8.42 Å². The smallest absolute Gasteiger partial charge is 0.250 e. The summed E-state index contributed by atoms with van der Waals surface area (Å²) >= 11 is 1.35. The maximum Gasteiger partial charge on any atom is 0.250 e. The number of hydrogen-bond donors (Lipinski definition) is 2. The van der Waals surface area contributed by atoms with Crippen LogP contribution in [0, 0.1) is 12.3 Å². The van der Waals surface area contributed by atoms with Gasteiger partial charge < -0.3 is 5.32 Å². The van der Waals surface area contributed by atoms with Gasteiger partial charge in [-0.2, -0.15) is 0 Å². The predicted octanol–water partition coefficient (Wildman–Crippen LogP) is 2.88. The van der Waals surface area contributed by atoms with Crippen molar-refractivity contribution in [2.45, 2.75) is 51.8 Å². The lowest BCUT2D eigenvalue weighted by Crippen LogP contribution is -2.31. The molecule has 0 aromatic carbocycles. The van der Waals surface area contributed by atoms with E-state index in [1.165, 1.54) is 11.3 Å². The van der Waals surface area contributed by atoms with Crippen LogP contribution in [-0.4, -0.2) is 21.5 Å². The van der Waals surface area contributed by atoms with Crippen LogP contribution in [0.25, 0.3) is 0 Å². The maximum absolute atomic E-state index is 12.3. The molecule has 6 heteroatoms. The minimum absolute atomic E-state index is 0.0646. The summed E-state index contributed by atoms with van der Waals surface area (Å²) in [5.74, 6) is 0. The van der Waals surface area contributed by atoms with Crippen molar-refractivity contribution in [1.29, 1.82) is 0 Å². The van der Waals surface area contributed by atoms with E-state index < -0.39 is 10.0 Å². The van der Waals surface area contributed by atoms with Gasteiger partial charge in [-0.1, -0.05) is 27.7 Å². The number of thiophene rings is 1. The molecule has 0 saturated heterocycles. The molecular formula is C14H26N2O2S2. The first-order chi connectivity index (χ1) is 9.15. The van der Waals surface area contributed by atoms with E-state index >= 15 is 0 Å². The predicted molar refractivity (Wildman–Crippen MR) is 85.7 cm³/mol. The molecule has 1 heterocycles. The maximum atomic E-state index is 12.3. The molecule has 0 atom stereocenters. The third kappa shape index (κ3) is 5.52. The van der Waals surface area contributed by atoms with E-state index in [2.05, 4.69) is 17.0 Å². The van der Waals surface area contributed by atoms with E-state index in [0.29, 0.717) is 10.8 Å². The summed E-state index contributed by atoms with van der Waals surface area (Å²) in [6.45, 7) is 12.2. The average Bonchev–Trinajstić information content (AvgIpc) is 2.69. The fourth-order valence-corrected chi connectivity index (χ4v) is 4.45. The highest BCUT2D eigenvalue weighted by Gasteiger charge is 2.21. The Kier molecular flexibility index (Phi) is 6.19. The molecule has 0 bridgehead atoms. The zero-order chi connectivity index (χ0) is 15.4. The van der Waals surface area contributed by atoms with Crippen molar-refractivity contribution >= 4 is 21.4 Å². The molecule has 1 aromatic rings. The normalized spacial score (nSPS) is 12.8. The Morgan fingerprint density at radius 1 is 1.30 bits per heavy atom. The van der Waals surface area contributed by atoms with Gasteiger partial charge in [0, 0.05) is 18.0 Å². The van der Waals surface area contributed by atoms with Crippen LogP contribution in [0.1, 0.15) is 44.6 Å². The molecule has 0 fully saturated rings. The molecule has 0 unspecified atom stereocenters. The highest BCUT2D eigenvalue weighted by molar-refractivity contribution is 7.91. The molecule has 0 saturated carbocycles. The summed E-state index contributed by atoms with van der Waals surface area (Å²) in [5, 5.41) is 3.31. The standard InChI is InChI=1S/C14H26N2O2S2/c1-6-7-15-9-12-11(2)8-13(19-12)20(17,18)16-10-14(3,4)5/h8,15-16H,6-7,9-10H2,1-5H3. The number of hydrogen-bond acceptors (Lipinski definition) is 4. The van der Waals surface area contributed by atoms with Crippen LogP contribution in [0.2, 0.25) is 0 Å². The van der Waals surface area contributed by atoms with Gasteiger partial charge in [-0.25, -0.2) is 13.1 Å². The van der Waals surface area contributed by atoms with E-state index in [9.17, 15) is 8.42 Å². The lowest BCUT2D eigenvalue weighted by Gasteiger charge is -2.18. The average molecular weight is 319 g/mol. The van der Waals surface area contributed by atoms with Gasteiger partial charge >= 0.3 is 0 Å². The Morgan fingerprint density at radius 3 is 2.50 bits per heavy atom. The van der Waals surface area contributed by atoms with E-state index in [1.54, 1.807) is 6.07 Å². The second-order valence-electron chi connectivity index (χ2n) is 6.23. The highest BCUT2D eigenvalue weighted by Crippen LogP contribution is 2.26. The lowest BCUT2D eigenvalue weighted by atomic mass is 9.98. The molecule has 0 spiro atoms. The van der Waals surface area contributed by atoms with Gasteiger partial charge in [0.05, 0.1) is 0 Å². The lowest BCUT2D eigenvalue weighted by molar-refractivity contribution is 0.408. The van der Waals surface area contributed by atoms with Gasteiger partial charge in [-0.15, -0.1) is 11.3 Å². The molecular weight excluding hydrogens is 292 g/mol. The summed E-state index contributed by atoms with van der Waals surface area (Å²) in [6.07, 6.45) is 1.07. The molecule has 0 aliphatic carbocycles. The van der Waals surface area contributed by atoms with E-state index in [-0.39, 0.29) is 5.41 Å². The van der Waals surface area contributed by atoms with E-state index in [4.69, 9.17) is 0 Å². The molecule has 20 heavy (non-hydrogen) atoms. The molecule has 2 N–H and O–H groups in total. The van der Waals surface area contributed by atoms with Crippen LogP contribution in [-0.2, 0) is 16.6 Å². The Labute approximate surface area is 127 Å². The first-order valence-corrected chi connectivity index (χ1v) is 9.25. The van der Waals surface area contributed by atoms with Gasteiger partial charge in [0.2, 0.25) is 10.0 Å². The molecule has 116 valence electrons. The summed E-state index contributed by atoms with van der Waals surface area (Å²) in [7, 11) is -3.38. The fraction of sp³-hybridized carbons (Fsp3) is 0.714. The monoisotopic (exact) mass is 318 g/mol. The van der Waals surface area contributed by atoms with Crippen molar-refractivity contribution in [2.75, 3.05) is 13.1 Å². The minimum atomic E-state index is -3.38. The zero-order valence-corrected chi connectivity index (χ0v) is 14.7. The Bertz CT molecular complexity index is 528. The van der Waals surface area contributed by atoms with Crippen molar-refractivity contribution in [1.82, 2.24) is 10.0 Å². The summed E-state index contributed by atoms with van der Waals surface area (Å²) < 4.78 is 27.6. The van der Waals surface area contributed by atoms with Gasteiger partial charge in [0.1, 0.15) is 4.21 Å². The van der Waals surface area contributed by atoms with E-state index in [0.717, 1.165) is 30.0 Å². The van der Waals surface area contributed by atoms with Crippen molar-refractivity contribution in [2.24, 2.45) is 5.41 Å². The summed E-state index contributed by atoms with van der Waals surface area (Å²) in [6, 6.07) is 1.76. The molecule has 0 aliphatic heterocycles. The second-order valence-corrected chi connectivity index (χ2v) is 9.36. The van der Waals surface area contributed by atoms with Crippen molar-refractivity contribution in [3.63, 3.8) is 0 Å². The molecule has 0 radical (unpaired) electrons. The largest absolute Gasteiger partial charge is 0.312 e. The van der Waals surface area contributed by atoms with Gasteiger partial charge in [-0.05, 0) is 36.9 Å². The fourth-order valence-electron chi connectivity index (χ4n) is 1.56. The zero-order valence-electron chi connectivity index (χ0n) is 13.0. The summed E-state index contributed by atoms with van der Waals surface area (Å²) in [5.41, 5.74) is 0.972. The highest BCUT2D eigenvalue weighted by atomic mass is 32.2. The molecule has 0 amide bonds. The molecule has 1 aromatic heterocycles. The van der Waals surface area contributed by atoms with Crippen molar-refractivity contribution in [3.8, 4) is 0 Å². The molecule has 4 nitrogen and oxygen atoms in total. The topological polar surface area (TPSA) is 58.2 Å². The first kappa shape index (κ1) is 17.6. The van der Waals surface area contributed by atoms with E-state index in [1.807, 2.05) is 27.7 Å². The second kappa shape index (κ2) is 7.02. The molecule has 0 aliphatic rings. The van der Waals surface area contributed by atoms with Gasteiger partial charge in [0.25, 0.3) is 0 Å². The van der Waals surface area contributed by atoms with Crippen LogP contribution in [0.4, 0.5) is 0 Å². The number of nitrogens with one attached hydrogen (secondary N) is 2. The van der Waals surface area contributed by atoms with Crippen LogP contribution in [0.15, 0.2) is 10.3 Å². The molecule has 1 rings (SSSR count). The van der Waals surface area contributed by atoms with Gasteiger partial charge in [0.15, 0.2) is 0 Å². The van der Waals surface area contributed by atoms with Gasteiger partial charge in [-0.3, -0.25) is 0 Å².